The molecule has 3 N–H and O–H groups in total. The van der Waals surface area contributed by atoms with E-state index in [1.807, 2.05) is 0 Å². The van der Waals surface area contributed by atoms with Crippen LogP contribution in [0, 0.1) is 0 Å². The molecule has 0 fully saturated rings. The Labute approximate surface area is 113 Å². The molecule has 0 spiro atoms. The number of amides is 2. The molecule has 6 nitrogen and oxygen atoms in total. The van der Waals surface area contributed by atoms with Crippen molar-refractivity contribution in [1.29, 1.82) is 0 Å². The summed E-state index contributed by atoms with van der Waals surface area (Å²) in [6.45, 7) is 0. The number of hydrogen-bond acceptors (Lipinski definition) is 5. The molecule has 3 rings (SSSR count). The van der Waals surface area contributed by atoms with Crippen LogP contribution in [0.5, 0.6) is 0 Å². The Morgan fingerprint density at radius 3 is 2.74 bits per heavy atom. The molecule has 1 aromatic rings. The molecule has 98 valence electrons. The molecular weight excluding hydrogens is 266 g/mol. The number of hydrogen-bond donors (Lipinski definition) is 2. The van der Waals surface area contributed by atoms with E-state index >= 15 is 0 Å². The first-order chi connectivity index (χ1) is 8.96. The highest BCUT2D eigenvalue weighted by atomic mass is 32.2. The Balaban J connectivity index is 2.15. The number of aliphatic hydroxyl groups is 1. The molecule has 1 aromatic carbocycles. The summed E-state index contributed by atoms with van der Waals surface area (Å²) < 4.78 is 0. The maximum Gasteiger partial charge on any atom is 0.265 e. The van der Waals surface area contributed by atoms with Crippen LogP contribution < -0.4 is 10.6 Å². The number of likely N-dealkylation sites (N-methyl/N-ethyl adjacent to an activating group) is 1. The van der Waals surface area contributed by atoms with Gasteiger partial charge in [-0.05, 0) is 6.07 Å². The summed E-state index contributed by atoms with van der Waals surface area (Å²) in [4.78, 5) is 29.1. The predicted molar refractivity (Wildman–Crippen MR) is 71.8 cm³/mol. The molecule has 0 bridgehead atoms. The molecule has 2 amide bonds. The summed E-state index contributed by atoms with van der Waals surface area (Å²) in [7, 11) is 1.56. The molecule has 0 radical (unpaired) electrons. The highest BCUT2D eigenvalue weighted by Crippen LogP contribution is 2.46. The van der Waals surface area contributed by atoms with Crippen molar-refractivity contribution in [3.8, 4) is 0 Å². The number of carbonyl (C=O) groups excluding carboxylic acids is 2. The van der Waals surface area contributed by atoms with Crippen LogP contribution in [0.1, 0.15) is 5.56 Å². The third-order valence-corrected chi connectivity index (χ3v) is 4.48. The van der Waals surface area contributed by atoms with Gasteiger partial charge >= 0.3 is 0 Å². The second kappa shape index (κ2) is 3.82. The molecule has 0 unspecified atom stereocenters. The molecular formula is C12H11N3O3S. The largest absolute Gasteiger partial charge is 0.378 e. The second-order valence-corrected chi connectivity index (χ2v) is 5.56. The van der Waals surface area contributed by atoms with Crippen LogP contribution in [0.4, 0.5) is 5.69 Å². The lowest BCUT2D eigenvalue weighted by atomic mass is 9.91. The Morgan fingerprint density at radius 2 is 2.11 bits per heavy atom. The van der Waals surface area contributed by atoms with Crippen molar-refractivity contribution in [1.82, 2.24) is 0 Å². The van der Waals surface area contributed by atoms with E-state index < -0.39 is 22.7 Å². The van der Waals surface area contributed by atoms with Crippen LogP contribution in [0.2, 0.25) is 0 Å². The Bertz CT molecular complexity index is 630. The third kappa shape index (κ3) is 1.45. The van der Waals surface area contributed by atoms with Gasteiger partial charge in [-0.25, -0.2) is 0 Å². The number of rotatable bonds is 1. The number of amidine groups is 1. The van der Waals surface area contributed by atoms with E-state index in [1.54, 1.807) is 31.3 Å². The molecule has 2 heterocycles. The van der Waals surface area contributed by atoms with E-state index in [9.17, 15) is 14.7 Å². The van der Waals surface area contributed by atoms with Gasteiger partial charge in [0.2, 0.25) is 0 Å². The van der Waals surface area contributed by atoms with Crippen molar-refractivity contribution in [2.24, 2.45) is 10.7 Å². The molecule has 2 aliphatic rings. The van der Waals surface area contributed by atoms with Gasteiger partial charge < -0.3 is 15.7 Å². The number of fused-ring (bicyclic) bond motifs is 1. The zero-order valence-electron chi connectivity index (χ0n) is 10.0. The first-order valence-electron chi connectivity index (χ1n) is 5.61. The predicted octanol–water partition coefficient (Wildman–Crippen LogP) is -0.193. The fourth-order valence-electron chi connectivity index (χ4n) is 2.45. The number of nitrogens with zero attached hydrogens (tertiary/aromatic N) is 2. The van der Waals surface area contributed by atoms with Crippen molar-refractivity contribution in [2.75, 3.05) is 11.9 Å². The van der Waals surface area contributed by atoms with E-state index in [4.69, 9.17) is 5.73 Å². The lowest BCUT2D eigenvalue weighted by molar-refractivity contribution is -0.140. The minimum Gasteiger partial charge on any atom is -0.378 e. The SMILES string of the molecule is CN1C(=O)[C@@](O)([C@H]2SC(N)=NC2=O)c2ccccc21. The average Bonchev–Trinajstić information content (AvgIpc) is 2.83. The van der Waals surface area contributed by atoms with Gasteiger partial charge in [0.1, 0.15) is 5.25 Å². The van der Waals surface area contributed by atoms with E-state index in [2.05, 4.69) is 4.99 Å². The second-order valence-electron chi connectivity index (χ2n) is 4.43. The summed E-state index contributed by atoms with van der Waals surface area (Å²) in [6, 6.07) is 6.84. The van der Waals surface area contributed by atoms with Crippen molar-refractivity contribution in [2.45, 2.75) is 10.9 Å². The normalized spacial score (nSPS) is 29.7. The molecule has 0 aromatic heterocycles. The Hall–Kier alpha value is -1.86. The van der Waals surface area contributed by atoms with Gasteiger partial charge in [0, 0.05) is 12.6 Å². The zero-order chi connectivity index (χ0) is 13.8. The lowest BCUT2D eigenvalue weighted by Gasteiger charge is -2.25. The summed E-state index contributed by atoms with van der Waals surface area (Å²) >= 11 is 0.920. The molecule has 0 saturated carbocycles. The fraction of sp³-hybridized carbons (Fsp3) is 0.250. The van der Waals surface area contributed by atoms with E-state index in [0.29, 0.717) is 11.3 Å². The molecule has 2 aliphatic heterocycles. The summed E-state index contributed by atoms with van der Waals surface area (Å²) in [5.41, 5.74) is 4.60. The van der Waals surface area contributed by atoms with Gasteiger partial charge in [-0.15, -0.1) is 0 Å². The number of benzene rings is 1. The lowest BCUT2D eigenvalue weighted by Crippen LogP contribution is -2.48. The minimum atomic E-state index is -1.91. The third-order valence-electron chi connectivity index (χ3n) is 3.37. The Kier molecular flexibility index (Phi) is 2.45. The first kappa shape index (κ1) is 12.2. The van der Waals surface area contributed by atoms with Crippen LogP contribution >= 0.6 is 11.8 Å². The summed E-state index contributed by atoms with van der Waals surface area (Å²) in [5.74, 6) is -1.12. The van der Waals surface area contributed by atoms with E-state index in [0.717, 1.165) is 11.8 Å². The molecule has 0 saturated heterocycles. The Morgan fingerprint density at radius 1 is 1.42 bits per heavy atom. The first-order valence-corrected chi connectivity index (χ1v) is 6.49. The number of aliphatic imine (C=N–C) groups is 1. The highest BCUT2D eigenvalue weighted by Gasteiger charge is 2.58. The minimum absolute atomic E-state index is 0.0725. The van der Waals surface area contributed by atoms with Crippen LogP contribution in [0.3, 0.4) is 0 Å². The number of para-hydroxylation sites is 1. The van der Waals surface area contributed by atoms with Crippen LogP contribution in [-0.2, 0) is 15.2 Å². The van der Waals surface area contributed by atoms with Crippen LogP contribution in [0.15, 0.2) is 29.3 Å². The smallest absolute Gasteiger partial charge is 0.265 e. The quantitative estimate of drug-likeness (QED) is 0.741. The maximum atomic E-state index is 12.3. The summed E-state index contributed by atoms with van der Waals surface area (Å²) in [6.07, 6.45) is 0. The van der Waals surface area contributed by atoms with E-state index in [-0.39, 0.29) is 5.17 Å². The van der Waals surface area contributed by atoms with E-state index in [1.165, 1.54) is 4.90 Å². The number of nitrogens with two attached hydrogens (primary N) is 1. The number of thioether (sulfide) groups is 1. The monoisotopic (exact) mass is 277 g/mol. The zero-order valence-corrected chi connectivity index (χ0v) is 10.8. The molecule has 0 aliphatic carbocycles. The van der Waals surface area contributed by atoms with Gasteiger partial charge in [-0.3, -0.25) is 9.59 Å². The molecule has 19 heavy (non-hydrogen) atoms. The van der Waals surface area contributed by atoms with Crippen LogP contribution in [-0.4, -0.2) is 34.4 Å². The highest BCUT2D eigenvalue weighted by molar-refractivity contribution is 8.15. The van der Waals surface area contributed by atoms with Gasteiger partial charge in [0.25, 0.3) is 11.8 Å². The van der Waals surface area contributed by atoms with Crippen molar-refractivity contribution in [3.63, 3.8) is 0 Å². The number of anilines is 1. The topological polar surface area (TPSA) is 96.0 Å². The maximum absolute atomic E-state index is 12.3. The van der Waals surface area contributed by atoms with Crippen molar-refractivity contribution in [3.05, 3.63) is 29.8 Å². The van der Waals surface area contributed by atoms with Gasteiger partial charge in [0.15, 0.2) is 10.8 Å². The van der Waals surface area contributed by atoms with Crippen molar-refractivity contribution < 1.29 is 14.7 Å². The van der Waals surface area contributed by atoms with Gasteiger partial charge in [-0.2, -0.15) is 4.99 Å². The standard InChI is InChI=1S/C12H11N3O3S/c1-15-7-5-3-2-4-6(7)12(18,10(15)17)8-9(16)14-11(13)19-8/h2-5,8,18H,1H3,(H2,13,14,16)/t8-,12-/m0/s1. The average molecular weight is 277 g/mol. The molecule has 2 atom stereocenters. The van der Waals surface area contributed by atoms with Gasteiger partial charge in [0.05, 0.1) is 5.69 Å². The number of carbonyl (C=O) groups is 2. The summed E-state index contributed by atoms with van der Waals surface area (Å²) in [5, 5.41) is 9.86. The fourth-order valence-corrected chi connectivity index (χ4v) is 3.39. The van der Waals surface area contributed by atoms with Crippen LogP contribution in [0.25, 0.3) is 0 Å². The molecule has 7 heteroatoms. The van der Waals surface area contributed by atoms with Crippen molar-refractivity contribution >= 4 is 34.4 Å². The van der Waals surface area contributed by atoms with Gasteiger partial charge in [-0.1, -0.05) is 30.0 Å².